The maximum absolute atomic E-state index is 13.4. The highest BCUT2D eigenvalue weighted by Crippen LogP contribution is 2.37. The second kappa shape index (κ2) is 10.2. The Morgan fingerprint density at radius 2 is 1.50 bits per heavy atom. The number of ketones is 2. The standard InChI is InChI=1S/C35H28N2O5/c1-41-17-15-36-27-13-5-9-21-7-3-11-23(31(21)27)29(36)19-25-33(38)26(35(40)34(25)39)20-30-24-12-4-8-22-10-6-14-28(32(22)24)37(30)16-18-42-2/h3-14,19-20H,15-18H2,1-2H3/p+1. The van der Waals surface area contributed by atoms with Crippen LogP contribution in [0.4, 0.5) is 5.69 Å². The number of aliphatic hydroxyl groups is 1. The van der Waals surface area contributed by atoms with E-state index in [9.17, 15) is 14.7 Å². The fourth-order valence-corrected chi connectivity index (χ4v) is 6.37. The molecule has 0 spiro atoms. The first-order chi connectivity index (χ1) is 20.5. The molecule has 1 aliphatic carbocycles. The largest absolute Gasteiger partial charge is 0.506 e. The van der Waals surface area contributed by atoms with Crippen molar-refractivity contribution in [2.75, 3.05) is 34.0 Å². The van der Waals surface area contributed by atoms with E-state index in [1.54, 1.807) is 26.4 Å². The third kappa shape index (κ3) is 3.85. The monoisotopic (exact) mass is 557 g/mol. The zero-order chi connectivity index (χ0) is 29.0. The van der Waals surface area contributed by atoms with Crippen molar-refractivity contribution in [1.29, 1.82) is 0 Å². The van der Waals surface area contributed by atoms with Crippen LogP contribution >= 0.6 is 0 Å². The van der Waals surface area contributed by atoms with Gasteiger partial charge in [0.15, 0.2) is 6.54 Å². The number of hydrogen-bond acceptors (Lipinski definition) is 5. The van der Waals surface area contributed by atoms with Crippen LogP contribution in [0.5, 0.6) is 0 Å². The first-order valence-corrected chi connectivity index (χ1v) is 13.9. The van der Waals surface area contributed by atoms with Crippen molar-refractivity contribution in [3.05, 3.63) is 107 Å². The molecule has 5 aromatic rings. The zero-order valence-corrected chi connectivity index (χ0v) is 23.4. The Bertz CT molecular complexity index is 2100. The van der Waals surface area contributed by atoms with Gasteiger partial charge < -0.3 is 19.1 Å². The number of benzene rings is 4. The van der Waals surface area contributed by atoms with Crippen LogP contribution in [-0.4, -0.2) is 65.5 Å². The number of Topliss-reactive ketones (excluding diaryl/α,β-unsaturated/α-hetero) is 2. The third-order valence-corrected chi connectivity index (χ3v) is 8.29. The Kier molecular flexibility index (Phi) is 6.34. The highest BCUT2D eigenvalue weighted by atomic mass is 16.5. The van der Waals surface area contributed by atoms with E-state index in [0.29, 0.717) is 26.3 Å². The predicted octanol–water partition coefficient (Wildman–Crippen LogP) is 4.78. The molecule has 0 radical (unpaired) electrons. The average molecular weight is 558 g/mol. The summed E-state index contributed by atoms with van der Waals surface area (Å²) >= 11 is 0. The molecule has 42 heavy (non-hydrogen) atoms. The first-order valence-electron chi connectivity index (χ1n) is 13.9. The molecule has 0 atom stereocenters. The SMILES string of the molecule is COCCn1c(=CC2=C(O)C(=CC3=[N+](CCOC)c4cccc5cccc3c45)C(=O)C2=O)c2cccc3cccc1c32. The van der Waals surface area contributed by atoms with Gasteiger partial charge in [0.2, 0.25) is 23.0 Å². The van der Waals surface area contributed by atoms with Crippen molar-refractivity contribution >= 4 is 61.5 Å². The lowest BCUT2D eigenvalue weighted by Crippen LogP contribution is -2.20. The lowest BCUT2D eigenvalue weighted by atomic mass is 10.0. The average Bonchev–Trinajstić information content (AvgIpc) is 3.56. The molecule has 7 nitrogen and oxygen atoms in total. The second-order valence-electron chi connectivity index (χ2n) is 10.5. The van der Waals surface area contributed by atoms with Gasteiger partial charge in [-0.15, -0.1) is 0 Å². The Labute approximate surface area is 241 Å². The minimum absolute atomic E-state index is 0.00811. The molecule has 0 fully saturated rings. The number of carbonyl (C=O) groups excluding carboxylic acids is 2. The van der Waals surface area contributed by atoms with Crippen LogP contribution in [0.3, 0.4) is 0 Å². The molecule has 0 unspecified atom stereocenters. The highest BCUT2D eigenvalue weighted by Gasteiger charge is 2.38. The summed E-state index contributed by atoms with van der Waals surface area (Å²) in [6, 6.07) is 24.2. The van der Waals surface area contributed by atoms with Gasteiger partial charge in [-0.3, -0.25) is 9.59 Å². The van der Waals surface area contributed by atoms with Gasteiger partial charge in [-0.25, -0.2) is 0 Å². The van der Waals surface area contributed by atoms with Crippen LogP contribution in [0.2, 0.25) is 0 Å². The molecule has 1 aromatic heterocycles. The van der Waals surface area contributed by atoms with Gasteiger partial charge in [0.05, 0.1) is 34.1 Å². The fraction of sp³-hybridized carbons (Fsp3) is 0.171. The van der Waals surface area contributed by atoms with Crippen molar-refractivity contribution in [2.24, 2.45) is 0 Å². The smallest absolute Gasteiger partial charge is 0.237 e. The number of hydrogen-bond donors (Lipinski definition) is 1. The molecular formula is C35H29N2O5+. The minimum atomic E-state index is -0.723. The van der Waals surface area contributed by atoms with Gasteiger partial charge in [0, 0.05) is 49.2 Å². The number of nitrogens with zero attached hydrogens (tertiary/aromatic N) is 2. The summed E-state index contributed by atoms with van der Waals surface area (Å²) in [6.07, 6.45) is 3.30. The number of aromatic nitrogens is 1. The second-order valence-corrected chi connectivity index (χ2v) is 10.5. The maximum Gasteiger partial charge on any atom is 0.237 e. The molecule has 7 heteroatoms. The Hall–Kier alpha value is -4.85. The van der Waals surface area contributed by atoms with Gasteiger partial charge in [-0.2, -0.15) is 4.58 Å². The van der Waals surface area contributed by atoms with E-state index in [1.165, 1.54) is 0 Å². The van der Waals surface area contributed by atoms with Gasteiger partial charge in [-0.1, -0.05) is 54.6 Å². The summed E-state index contributed by atoms with van der Waals surface area (Å²) in [5.74, 6) is -1.76. The van der Waals surface area contributed by atoms with Crippen molar-refractivity contribution in [1.82, 2.24) is 4.57 Å². The van der Waals surface area contributed by atoms with Crippen molar-refractivity contribution in [3.8, 4) is 0 Å². The summed E-state index contributed by atoms with van der Waals surface area (Å²) in [5, 5.41) is 17.4. The fourth-order valence-electron chi connectivity index (χ4n) is 6.37. The summed E-state index contributed by atoms with van der Waals surface area (Å²) in [4.78, 5) is 26.9. The first kappa shape index (κ1) is 26.1. The molecule has 1 aliphatic heterocycles. The minimum Gasteiger partial charge on any atom is -0.506 e. The molecule has 208 valence electrons. The van der Waals surface area contributed by atoms with Crippen LogP contribution in [0.1, 0.15) is 5.56 Å². The van der Waals surface area contributed by atoms with Crippen molar-refractivity contribution < 1.29 is 28.7 Å². The van der Waals surface area contributed by atoms with Crippen LogP contribution in [0.25, 0.3) is 38.5 Å². The van der Waals surface area contributed by atoms with E-state index in [4.69, 9.17) is 9.47 Å². The molecule has 1 N–H and O–H groups in total. The Balaban J connectivity index is 1.44. The normalized spacial score (nSPS) is 16.6. The molecule has 2 heterocycles. The van der Waals surface area contributed by atoms with E-state index in [2.05, 4.69) is 9.14 Å². The van der Waals surface area contributed by atoms with E-state index in [0.717, 1.165) is 54.8 Å². The number of rotatable bonds is 8. The van der Waals surface area contributed by atoms with E-state index in [1.807, 2.05) is 72.8 Å². The summed E-state index contributed by atoms with van der Waals surface area (Å²) in [6.45, 7) is 2.02. The number of carbonyl (C=O) groups is 2. The molecule has 7 rings (SSSR count). The molecule has 4 aromatic carbocycles. The molecular weight excluding hydrogens is 528 g/mol. The van der Waals surface area contributed by atoms with Crippen molar-refractivity contribution in [3.63, 3.8) is 0 Å². The molecule has 0 amide bonds. The summed E-state index contributed by atoms with van der Waals surface area (Å²) < 4.78 is 14.9. The van der Waals surface area contributed by atoms with Gasteiger partial charge in [-0.05, 0) is 29.0 Å². The van der Waals surface area contributed by atoms with Gasteiger partial charge >= 0.3 is 0 Å². The Morgan fingerprint density at radius 3 is 2.26 bits per heavy atom. The molecule has 2 aliphatic rings. The number of ether oxygens (including phenoxy) is 2. The third-order valence-electron chi connectivity index (χ3n) is 8.29. The summed E-state index contributed by atoms with van der Waals surface area (Å²) in [5.41, 5.74) is 3.67. The van der Waals surface area contributed by atoms with Crippen LogP contribution in [-0.2, 0) is 25.6 Å². The quantitative estimate of drug-likeness (QED) is 0.169. The number of allylic oxidation sites excluding steroid dienone is 3. The summed E-state index contributed by atoms with van der Waals surface area (Å²) in [7, 11) is 3.29. The van der Waals surface area contributed by atoms with E-state index < -0.39 is 11.6 Å². The van der Waals surface area contributed by atoms with Gasteiger partial charge in [0.1, 0.15) is 12.4 Å². The zero-order valence-electron chi connectivity index (χ0n) is 23.4. The lowest BCUT2D eigenvalue weighted by Gasteiger charge is -2.06. The van der Waals surface area contributed by atoms with Crippen LogP contribution in [0, 0.1) is 0 Å². The molecule has 0 bridgehead atoms. The number of methoxy groups -OCH3 is 2. The predicted molar refractivity (Wildman–Crippen MR) is 163 cm³/mol. The van der Waals surface area contributed by atoms with Gasteiger partial charge in [0.25, 0.3) is 0 Å². The highest BCUT2D eigenvalue weighted by molar-refractivity contribution is 6.55. The van der Waals surface area contributed by atoms with Crippen LogP contribution in [0.15, 0.2) is 95.8 Å². The number of aliphatic hydroxyl groups excluding tert-OH is 1. The topological polar surface area (TPSA) is 80.8 Å². The molecule has 0 saturated heterocycles. The van der Waals surface area contributed by atoms with E-state index >= 15 is 0 Å². The lowest BCUT2D eigenvalue weighted by molar-refractivity contribution is -0.439. The Morgan fingerprint density at radius 1 is 0.810 bits per heavy atom. The van der Waals surface area contributed by atoms with Crippen LogP contribution < -0.4 is 5.35 Å². The van der Waals surface area contributed by atoms with Crippen molar-refractivity contribution in [2.45, 2.75) is 6.54 Å². The maximum atomic E-state index is 13.4. The van der Waals surface area contributed by atoms with E-state index in [-0.39, 0.29) is 16.9 Å². The molecule has 0 saturated carbocycles.